The molecule has 5 heteroatoms. The number of carboxylic acids is 1. The van der Waals surface area contributed by atoms with E-state index in [4.69, 9.17) is 10.8 Å². The number of hydrogen-bond donors (Lipinski definition) is 2. The fraction of sp³-hybridized carbons (Fsp3) is 0.857. The highest BCUT2D eigenvalue weighted by molar-refractivity contribution is 5.83. The number of carbonyl (C=O) groups excluding carboxylic acids is 1. The monoisotopic (exact) mass is 270 g/mol. The Bertz CT molecular complexity index is 358. The van der Waals surface area contributed by atoms with Crippen molar-refractivity contribution in [3.05, 3.63) is 0 Å². The summed E-state index contributed by atoms with van der Waals surface area (Å²) in [6.45, 7) is 8.65. The summed E-state index contributed by atoms with van der Waals surface area (Å²) in [5.41, 5.74) is 4.83. The third kappa shape index (κ3) is 3.69. The maximum Gasteiger partial charge on any atom is 0.303 e. The lowest BCUT2D eigenvalue weighted by Crippen LogP contribution is -2.57. The summed E-state index contributed by atoms with van der Waals surface area (Å²) in [5, 5.41) is 8.86. The van der Waals surface area contributed by atoms with E-state index in [2.05, 4.69) is 0 Å². The van der Waals surface area contributed by atoms with E-state index in [9.17, 15) is 9.59 Å². The van der Waals surface area contributed by atoms with Crippen molar-refractivity contribution in [1.29, 1.82) is 0 Å². The molecular formula is C14H26N2O3. The van der Waals surface area contributed by atoms with Crippen molar-refractivity contribution in [3.63, 3.8) is 0 Å². The van der Waals surface area contributed by atoms with Gasteiger partial charge in [0.1, 0.15) is 0 Å². The molecule has 0 radical (unpaired) electrons. The maximum atomic E-state index is 12.6. The van der Waals surface area contributed by atoms with Crippen LogP contribution in [0.5, 0.6) is 0 Å². The zero-order chi connectivity index (χ0) is 14.8. The molecule has 0 aromatic carbocycles. The number of carboxylic acid groups (broad SMARTS) is 1. The van der Waals surface area contributed by atoms with Gasteiger partial charge in [0, 0.05) is 25.0 Å². The minimum absolute atomic E-state index is 0.0232. The zero-order valence-electron chi connectivity index (χ0n) is 12.4. The first-order valence-corrected chi connectivity index (χ1v) is 6.85. The summed E-state index contributed by atoms with van der Waals surface area (Å²) in [5.74, 6) is -0.709. The smallest absolute Gasteiger partial charge is 0.303 e. The van der Waals surface area contributed by atoms with Gasteiger partial charge in [-0.25, -0.2) is 0 Å². The van der Waals surface area contributed by atoms with Crippen molar-refractivity contribution in [3.8, 4) is 0 Å². The van der Waals surface area contributed by atoms with Gasteiger partial charge < -0.3 is 15.7 Å². The van der Waals surface area contributed by atoms with Crippen LogP contribution in [0.3, 0.4) is 0 Å². The average Bonchev–Trinajstić information content (AvgIpc) is 2.25. The van der Waals surface area contributed by atoms with Crippen LogP contribution in [0, 0.1) is 11.3 Å². The molecule has 0 aromatic heterocycles. The molecule has 110 valence electrons. The Labute approximate surface area is 115 Å². The van der Waals surface area contributed by atoms with Gasteiger partial charge in [0.25, 0.3) is 0 Å². The highest BCUT2D eigenvalue weighted by atomic mass is 16.4. The molecule has 0 aromatic rings. The Kier molecular flexibility index (Phi) is 4.61. The molecular weight excluding hydrogens is 244 g/mol. The van der Waals surface area contributed by atoms with Crippen LogP contribution in [0.25, 0.3) is 0 Å². The summed E-state index contributed by atoms with van der Waals surface area (Å²) < 4.78 is 0. The quantitative estimate of drug-likeness (QED) is 0.810. The molecule has 19 heavy (non-hydrogen) atoms. The fourth-order valence-electron chi connectivity index (χ4n) is 2.33. The third-order valence-electron chi connectivity index (χ3n) is 4.42. The van der Waals surface area contributed by atoms with E-state index in [0.29, 0.717) is 13.1 Å². The van der Waals surface area contributed by atoms with Gasteiger partial charge in [0.2, 0.25) is 5.91 Å². The van der Waals surface area contributed by atoms with Crippen LogP contribution in [-0.2, 0) is 9.59 Å². The van der Waals surface area contributed by atoms with E-state index in [1.807, 2.05) is 27.7 Å². The van der Waals surface area contributed by atoms with E-state index in [1.165, 1.54) is 0 Å². The molecule has 0 aliphatic carbocycles. The van der Waals surface area contributed by atoms with Crippen LogP contribution in [-0.4, -0.2) is 40.5 Å². The lowest BCUT2D eigenvalue weighted by atomic mass is 9.73. The van der Waals surface area contributed by atoms with Crippen molar-refractivity contribution >= 4 is 11.9 Å². The van der Waals surface area contributed by atoms with E-state index in [0.717, 1.165) is 12.8 Å². The molecule has 1 amide bonds. The second-order valence-electron chi connectivity index (χ2n) is 6.70. The number of hydrogen-bond acceptors (Lipinski definition) is 3. The average molecular weight is 270 g/mol. The summed E-state index contributed by atoms with van der Waals surface area (Å²) in [7, 11) is 0. The number of amides is 1. The van der Waals surface area contributed by atoms with Crippen LogP contribution in [0.15, 0.2) is 0 Å². The van der Waals surface area contributed by atoms with E-state index >= 15 is 0 Å². The predicted octanol–water partition coefficient (Wildman–Crippen LogP) is 1.46. The lowest BCUT2D eigenvalue weighted by molar-refractivity contribution is -0.147. The van der Waals surface area contributed by atoms with Gasteiger partial charge in [-0.15, -0.1) is 0 Å². The molecule has 1 aliphatic rings. The molecule has 0 saturated carbocycles. The second kappa shape index (κ2) is 5.49. The number of aliphatic carboxylic acids is 1. The summed E-state index contributed by atoms with van der Waals surface area (Å²) >= 11 is 0. The van der Waals surface area contributed by atoms with Gasteiger partial charge in [-0.3, -0.25) is 9.59 Å². The SMILES string of the molecule is CC(C)(N)C(C)(C)C(=O)N1CCCC(CC(=O)O)C1. The van der Waals surface area contributed by atoms with Crippen LogP contribution < -0.4 is 5.73 Å². The standard InChI is InChI=1S/C14H26N2O3/c1-13(2,14(3,4)15)12(19)16-7-5-6-10(9-16)8-11(17)18/h10H,5-9,15H2,1-4H3,(H,17,18). The van der Waals surface area contributed by atoms with Crippen molar-refractivity contribution in [1.82, 2.24) is 4.90 Å². The van der Waals surface area contributed by atoms with Gasteiger partial charge >= 0.3 is 5.97 Å². The van der Waals surface area contributed by atoms with Gasteiger partial charge in [0.15, 0.2) is 0 Å². The molecule has 1 rings (SSSR count). The number of nitrogens with two attached hydrogens (primary N) is 1. The first kappa shape index (κ1) is 16.0. The van der Waals surface area contributed by atoms with Gasteiger partial charge in [-0.05, 0) is 46.5 Å². The van der Waals surface area contributed by atoms with Crippen molar-refractivity contribution in [2.45, 2.75) is 52.5 Å². The fourth-order valence-corrected chi connectivity index (χ4v) is 2.33. The molecule has 0 spiro atoms. The van der Waals surface area contributed by atoms with Gasteiger partial charge in [-0.1, -0.05) is 0 Å². The Morgan fingerprint density at radius 2 is 1.89 bits per heavy atom. The molecule has 5 nitrogen and oxygen atoms in total. The molecule has 1 unspecified atom stereocenters. The number of piperidine rings is 1. The topological polar surface area (TPSA) is 83.6 Å². The molecule has 1 saturated heterocycles. The minimum atomic E-state index is -0.794. The number of carbonyl (C=O) groups is 2. The largest absolute Gasteiger partial charge is 0.481 e. The van der Waals surface area contributed by atoms with Crippen LogP contribution in [0.2, 0.25) is 0 Å². The normalized spacial score (nSPS) is 21.3. The zero-order valence-corrected chi connectivity index (χ0v) is 12.4. The highest BCUT2D eigenvalue weighted by Gasteiger charge is 2.43. The molecule has 1 atom stereocenters. The maximum absolute atomic E-state index is 12.6. The Morgan fingerprint density at radius 3 is 2.37 bits per heavy atom. The molecule has 1 aliphatic heterocycles. The Morgan fingerprint density at radius 1 is 1.32 bits per heavy atom. The summed E-state index contributed by atoms with van der Waals surface area (Å²) in [6.07, 6.45) is 1.88. The van der Waals surface area contributed by atoms with Crippen LogP contribution in [0.4, 0.5) is 0 Å². The molecule has 1 heterocycles. The second-order valence-corrected chi connectivity index (χ2v) is 6.70. The molecule has 3 N–H and O–H groups in total. The predicted molar refractivity (Wildman–Crippen MR) is 73.6 cm³/mol. The summed E-state index contributed by atoms with van der Waals surface area (Å²) in [4.78, 5) is 25.2. The van der Waals surface area contributed by atoms with E-state index < -0.39 is 16.9 Å². The van der Waals surface area contributed by atoms with Crippen LogP contribution in [0.1, 0.15) is 47.0 Å². The van der Waals surface area contributed by atoms with Gasteiger partial charge in [-0.2, -0.15) is 0 Å². The summed E-state index contributed by atoms with van der Waals surface area (Å²) in [6, 6.07) is 0. The molecule has 1 fully saturated rings. The third-order valence-corrected chi connectivity index (χ3v) is 4.42. The molecule has 0 bridgehead atoms. The van der Waals surface area contributed by atoms with Crippen molar-refractivity contribution in [2.75, 3.05) is 13.1 Å². The first-order chi connectivity index (χ1) is 8.55. The highest BCUT2D eigenvalue weighted by Crippen LogP contribution is 2.32. The first-order valence-electron chi connectivity index (χ1n) is 6.85. The van der Waals surface area contributed by atoms with E-state index in [-0.39, 0.29) is 18.2 Å². The lowest BCUT2D eigenvalue weighted by Gasteiger charge is -2.43. The number of likely N-dealkylation sites (tertiary alicyclic amines) is 1. The Balaban J connectivity index is 2.75. The Hall–Kier alpha value is -1.10. The van der Waals surface area contributed by atoms with Crippen LogP contribution >= 0.6 is 0 Å². The minimum Gasteiger partial charge on any atom is -0.481 e. The van der Waals surface area contributed by atoms with E-state index in [1.54, 1.807) is 4.90 Å². The van der Waals surface area contributed by atoms with Crippen molar-refractivity contribution in [2.24, 2.45) is 17.1 Å². The van der Waals surface area contributed by atoms with Gasteiger partial charge in [0.05, 0.1) is 5.41 Å². The number of rotatable bonds is 4. The van der Waals surface area contributed by atoms with Crippen molar-refractivity contribution < 1.29 is 14.7 Å². The number of nitrogens with zero attached hydrogens (tertiary/aromatic N) is 1.